The van der Waals surface area contributed by atoms with Crippen molar-refractivity contribution < 1.29 is 23.1 Å². The number of nitrogens with one attached hydrogen (secondary N) is 1. The molecule has 1 N–H and O–H groups in total. The van der Waals surface area contributed by atoms with Gasteiger partial charge in [-0.2, -0.15) is 8.78 Å². The van der Waals surface area contributed by atoms with Crippen molar-refractivity contribution in [3.63, 3.8) is 0 Å². The van der Waals surface area contributed by atoms with E-state index in [0.717, 1.165) is 5.56 Å². The Kier molecular flexibility index (Phi) is 6.45. The summed E-state index contributed by atoms with van der Waals surface area (Å²) in [5.74, 6) is -0.276. The highest BCUT2D eigenvalue weighted by Gasteiger charge is 2.14. The first-order valence-electron chi connectivity index (χ1n) is 7.55. The number of aryl methyl sites for hydroxylation is 1. The van der Waals surface area contributed by atoms with E-state index in [4.69, 9.17) is 4.84 Å². The van der Waals surface area contributed by atoms with Crippen molar-refractivity contribution in [1.29, 1.82) is 0 Å². The van der Waals surface area contributed by atoms with Crippen LogP contribution in [0.25, 0.3) is 0 Å². The van der Waals surface area contributed by atoms with E-state index >= 15 is 0 Å². The second kappa shape index (κ2) is 8.77. The van der Waals surface area contributed by atoms with E-state index in [9.17, 15) is 13.6 Å². The summed E-state index contributed by atoms with van der Waals surface area (Å²) in [5, 5.41) is 6.47. The lowest BCUT2D eigenvalue weighted by molar-refractivity contribution is -0.126. The molecule has 132 valence electrons. The fourth-order valence-corrected chi connectivity index (χ4v) is 1.93. The highest BCUT2D eigenvalue weighted by Crippen LogP contribution is 2.14. The molecule has 2 aromatic rings. The van der Waals surface area contributed by atoms with Gasteiger partial charge in [-0.05, 0) is 61.4 Å². The smallest absolute Gasteiger partial charge is 0.387 e. The van der Waals surface area contributed by atoms with Crippen LogP contribution in [0.1, 0.15) is 18.1 Å². The number of hydrogen-bond acceptors (Lipinski definition) is 4. The maximum Gasteiger partial charge on any atom is 0.387 e. The van der Waals surface area contributed by atoms with Gasteiger partial charge in [0, 0.05) is 5.69 Å². The molecule has 0 aliphatic heterocycles. The van der Waals surface area contributed by atoms with Crippen LogP contribution in [0, 0.1) is 6.92 Å². The van der Waals surface area contributed by atoms with Crippen LogP contribution in [-0.4, -0.2) is 24.8 Å². The number of halogens is 2. The van der Waals surface area contributed by atoms with E-state index in [0.29, 0.717) is 11.3 Å². The molecule has 0 spiro atoms. The van der Waals surface area contributed by atoms with Crippen molar-refractivity contribution in [2.24, 2.45) is 5.16 Å². The SMILES string of the molecule is Cc1cccc(NC(=O)C(C)O/N=C/c2ccc(OC(F)F)cc2)c1. The molecule has 25 heavy (non-hydrogen) atoms. The molecule has 2 aromatic carbocycles. The number of carbonyl (C=O) groups is 1. The molecule has 0 fully saturated rings. The summed E-state index contributed by atoms with van der Waals surface area (Å²) in [6, 6.07) is 13.3. The van der Waals surface area contributed by atoms with Gasteiger partial charge in [-0.25, -0.2) is 0 Å². The van der Waals surface area contributed by atoms with Crippen LogP contribution in [0.2, 0.25) is 0 Å². The van der Waals surface area contributed by atoms with Crippen molar-refractivity contribution >= 4 is 17.8 Å². The summed E-state index contributed by atoms with van der Waals surface area (Å²) in [4.78, 5) is 17.1. The number of ether oxygens (including phenoxy) is 1. The Morgan fingerprint density at radius 3 is 2.56 bits per heavy atom. The van der Waals surface area contributed by atoms with Gasteiger partial charge in [-0.1, -0.05) is 17.3 Å². The minimum atomic E-state index is -2.87. The summed E-state index contributed by atoms with van der Waals surface area (Å²) in [5.41, 5.74) is 2.33. The Bertz CT molecular complexity index is 733. The predicted octanol–water partition coefficient (Wildman–Crippen LogP) is 3.97. The van der Waals surface area contributed by atoms with Crippen molar-refractivity contribution in [2.45, 2.75) is 26.6 Å². The second-order valence-electron chi connectivity index (χ2n) is 5.29. The molecule has 0 radical (unpaired) electrons. The van der Waals surface area contributed by atoms with Crippen LogP contribution in [-0.2, 0) is 9.63 Å². The molecular weight excluding hydrogens is 330 g/mol. The molecule has 1 unspecified atom stereocenters. The van der Waals surface area contributed by atoms with E-state index in [1.807, 2.05) is 25.1 Å². The van der Waals surface area contributed by atoms with E-state index in [2.05, 4.69) is 15.2 Å². The quantitative estimate of drug-likeness (QED) is 0.608. The number of amides is 1. The van der Waals surface area contributed by atoms with Crippen LogP contribution >= 0.6 is 0 Å². The van der Waals surface area contributed by atoms with E-state index in [-0.39, 0.29) is 11.7 Å². The lowest BCUT2D eigenvalue weighted by Crippen LogP contribution is -2.26. The average molecular weight is 348 g/mol. The topological polar surface area (TPSA) is 59.9 Å². The average Bonchev–Trinajstić information content (AvgIpc) is 2.56. The molecular formula is C18H18F2N2O3. The monoisotopic (exact) mass is 348 g/mol. The van der Waals surface area contributed by atoms with Crippen LogP contribution < -0.4 is 10.1 Å². The Morgan fingerprint density at radius 2 is 1.92 bits per heavy atom. The number of oxime groups is 1. The van der Waals surface area contributed by atoms with Gasteiger partial charge < -0.3 is 14.9 Å². The van der Waals surface area contributed by atoms with Crippen LogP contribution in [0.15, 0.2) is 53.7 Å². The van der Waals surface area contributed by atoms with Gasteiger partial charge in [-0.3, -0.25) is 4.79 Å². The van der Waals surface area contributed by atoms with E-state index in [1.165, 1.54) is 18.3 Å². The van der Waals surface area contributed by atoms with E-state index in [1.54, 1.807) is 25.1 Å². The zero-order chi connectivity index (χ0) is 18.2. The van der Waals surface area contributed by atoms with Crippen molar-refractivity contribution in [1.82, 2.24) is 0 Å². The fourth-order valence-electron chi connectivity index (χ4n) is 1.93. The van der Waals surface area contributed by atoms with Gasteiger partial charge in [-0.15, -0.1) is 0 Å². The molecule has 2 rings (SSSR count). The van der Waals surface area contributed by atoms with Gasteiger partial charge in [0.15, 0.2) is 0 Å². The lowest BCUT2D eigenvalue weighted by atomic mass is 10.2. The van der Waals surface area contributed by atoms with Crippen LogP contribution in [0.4, 0.5) is 14.5 Å². The molecule has 7 heteroatoms. The minimum Gasteiger partial charge on any atom is -0.435 e. The van der Waals surface area contributed by atoms with E-state index < -0.39 is 12.7 Å². The van der Waals surface area contributed by atoms with Gasteiger partial charge in [0.1, 0.15) is 5.75 Å². The summed E-state index contributed by atoms with van der Waals surface area (Å²) in [6.07, 6.45) is 0.584. The molecule has 0 aliphatic carbocycles. The number of carbonyl (C=O) groups excluding carboxylic acids is 1. The van der Waals surface area contributed by atoms with Crippen molar-refractivity contribution in [3.8, 4) is 5.75 Å². The molecule has 0 saturated carbocycles. The summed E-state index contributed by atoms with van der Waals surface area (Å²) in [7, 11) is 0. The zero-order valence-corrected chi connectivity index (χ0v) is 13.8. The third-order valence-corrected chi connectivity index (χ3v) is 3.18. The highest BCUT2D eigenvalue weighted by molar-refractivity contribution is 5.94. The lowest BCUT2D eigenvalue weighted by Gasteiger charge is -2.10. The Balaban J connectivity index is 1.85. The van der Waals surface area contributed by atoms with Crippen LogP contribution in [0.5, 0.6) is 5.75 Å². The Labute approximate surface area is 144 Å². The standard InChI is InChI=1S/C18H18F2N2O3/c1-12-4-3-5-15(10-12)22-17(23)13(2)25-21-11-14-6-8-16(9-7-14)24-18(19)20/h3-11,13,18H,1-2H3,(H,22,23)/b21-11+. The number of alkyl halides is 2. The second-order valence-corrected chi connectivity index (χ2v) is 5.29. The number of nitrogens with zero attached hydrogens (tertiary/aromatic N) is 1. The Hall–Kier alpha value is -2.96. The predicted molar refractivity (Wildman–Crippen MR) is 91.0 cm³/mol. The molecule has 0 aliphatic rings. The third kappa shape index (κ3) is 6.21. The summed E-state index contributed by atoms with van der Waals surface area (Å²) < 4.78 is 28.4. The first kappa shape index (κ1) is 18.4. The Morgan fingerprint density at radius 1 is 1.20 bits per heavy atom. The minimum absolute atomic E-state index is 0.0546. The maximum atomic E-state index is 12.1. The van der Waals surface area contributed by atoms with Gasteiger partial charge in [0.05, 0.1) is 6.21 Å². The van der Waals surface area contributed by atoms with Gasteiger partial charge in [0.25, 0.3) is 5.91 Å². The highest BCUT2D eigenvalue weighted by atomic mass is 19.3. The number of benzene rings is 2. The summed E-state index contributed by atoms with van der Waals surface area (Å²) in [6.45, 7) is 0.634. The molecule has 1 amide bonds. The first-order valence-corrected chi connectivity index (χ1v) is 7.55. The molecule has 0 aromatic heterocycles. The number of hydrogen-bond donors (Lipinski definition) is 1. The van der Waals surface area contributed by atoms with Gasteiger partial charge >= 0.3 is 6.61 Å². The van der Waals surface area contributed by atoms with Crippen LogP contribution in [0.3, 0.4) is 0 Å². The number of rotatable bonds is 7. The van der Waals surface area contributed by atoms with Gasteiger partial charge in [0.2, 0.25) is 6.10 Å². The van der Waals surface area contributed by atoms with Crippen molar-refractivity contribution in [2.75, 3.05) is 5.32 Å². The maximum absolute atomic E-state index is 12.1. The fraction of sp³-hybridized carbons (Fsp3) is 0.222. The molecule has 0 heterocycles. The summed E-state index contributed by atoms with van der Waals surface area (Å²) >= 11 is 0. The third-order valence-electron chi connectivity index (χ3n) is 3.18. The molecule has 0 saturated heterocycles. The normalized spacial score (nSPS) is 12.2. The molecule has 0 bridgehead atoms. The molecule has 5 nitrogen and oxygen atoms in total. The zero-order valence-electron chi connectivity index (χ0n) is 13.8. The largest absolute Gasteiger partial charge is 0.435 e. The molecule has 1 atom stereocenters. The van der Waals surface area contributed by atoms with Crippen molar-refractivity contribution in [3.05, 3.63) is 59.7 Å². The number of anilines is 1. The first-order chi connectivity index (χ1) is 11.9.